The molecule has 3 aliphatic rings. The van der Waals surface area contributed by atoms with Gasteiger partial charge in [-0.15, -0.1) is 10.2 Å². The minimum absolute atomic E-state index is 0.714. The molecule has 1 heterocycles. The second-order valence-corrected chi connectivity index (χ2v) is 7.56. The van der Waals surface area contributed by atoms with Crippen LogP contribution in [-0.2, 0) is 0 Å². The van der Waals surface area contributed by atoms with Gasteiger partial charge in [-0.1, -0.05) is 24.6 Å². The van der Waals surface area contributed by atoms with Crippen molar-refractivity contribution in [1.82, 2.24) is 20.1 Å². The number of rotatable bonds is 7. The van der Waals surface area contributed by atoms with Crippen molar-refractivity contribution in [2.45, 2.75) is 74.5 Å². The van der Waals surface area contributed by atoms with Gasteiger partial charge >= 0.3 is 0 Å². The summed E-state index contributed by atoms with van der Waals surface area (Å²) in [5.41, 5.74) is 0. The standard InChI is InChI=1S/C15H24N4S/c1-2-4-12(3-1)16-9-10-20-15-18-17-14(11-5-6-11)19(15)13-7-8-13/h11-13,16H,1-10H2. The van der Waals surface area contributed by atoms with E-state index in [0.717, 1.165) is 18.3 Å². The monoisotopic (exact) mass is 292 g/mol. The number of hydrogen-bond donors (Lipinski definition) is 1. The topological polar surface area (TPSA) is 42.7 Å². The second-order valence-electron chi connectivity index (χ2n) is 6.50. The smallest absolute Gasteiger partial charge is 0.191 e. The lowest BCUT2D eigenvalue weighted by Crippen LogP contribution is -2.28. The van der Waals surface area contributed by atoms with Crippen LogP contribution in [0.25, 0.3) is 0 Å². The zero-order valence-electron chi connectivity index (χ0n) is 12.1. The molecule has 1 N–H and O–H groups in total. The molecule has 110 valence electrons. The van der Waals surface area contributed by atoms with E-state index in [-0.39, 0.29) is 0 Å². The van der Waals surface area contributed by atoms with Crippen LogP contribution in [-0.4, -0.2) is 33.1 Å². The van der Waals surface area contributed by atoms with Crippen LogP contribution < -0.4 is 5.32 Å². The maximum absolute atomic E-state index is 4.47. The fraction of sp³-hybridized carbons (Fsp3) is 0.867. The van der Waals surface area contributed by atoms with E-state index in [4.69, 9.17) is 0 Å². The highest BCUT2D eigenvalue weighted by Crippen LogP contribution is 2.45. The predicted octanol–water partition coefficient (Wildman–Crippen LogP) is 3.11. The minimum atomic E-state index is 0.714. The highest BCUT2D eigenvalue weighted by Gasteiger charge is 2.36. The van der Waals surface area contributed by atoms with Gasteiger partial charge in [-0.05, 0) is 38.5 Å². The summed E-state index contributed by atoms with van der Waals surface area (Å²) in [6, 6.07) is 1.49. The van der Waals surface area contributed by atoms with Crippen molar-refractivity contribution in [3.63, 3.8) is 0 Å². The molecule has 0 saturated heterocycles. The summed E-state index contributed by atoms with van der Waals surface area (Å²) < 4.78 is 2.46. The lowest BCUT2D eigenvalue weighted by atomic mass is 10.2. The molecule has 5 heteroatoms. The van der Waals surface area contributed by atoms with E-state index in [1.165, 1.54) is 62.3 Å². The Kier molecular flexibility index (Phi) is 3.73. The maximum atomic E-state index is 4.47. The molecule has 0 amide bonds. The minimum Gasteiger partial charge on any atom is -0.313 e. The van der Waals surface area contributed by atoms with Crippen LogP contribution in [0.15, 0.2) is 5.16 Å². The molecule has 0 radical (unpaired) electrons. The normalized spacial score (nSPS) is 23.6. The van der Waals surface area contributed by atoms with E-state index in [0.29, 0.717) is 12.0 Å². The maximum Gasteiger partial charge on any atom is 0.191 e. The van der Waals surface area contributed by atoms with E-state index in [2.05, 4.69) is 20.1 Å². The Balaban J connectivity index is 1.31. The first-order valence-corrected chi connectivity index (χ1v) is 9.21. The van der Waals surface area contributed by atoms with Gasteiger partial charge < -0.3 is 9.88 Å². The largest absolute Gasteiger partial charge is 0.313 e. The van der Waals surface area contributed by atoms with Gasteiger partial charge in [0.05, 0.1) is 0 Å². The van der Waals surface area contributed by atoms with Gasteiger partial charge in [-0.25, -0.2) is 0 Å². The molecule has 3 fully saturated rings. The Morgan fingerprint density at radius 2 is 1.85 bits per heavy atom. The number of thioether (sulfide) groups is 1. The van der Waals surface area contributed by atoms with Crippen molar-refractivity contribution in [2.75, 3.05) is 12.3 Å². The van der Waals surface area contributed by atoms with Crippen molar-refractivity contribution in [3.8, 4) is 0 Å². The van der Waals surface area contributed by atoms with Crippen LogP contribution in [0.3, 0.4) is 0 Å². The van der Waals surface area contributed by atoms with Gasteiger partial charge in [0.15, 0.2) is 5.16 Å². The van der Waals surface area contributed by atoms with E-state index >= 15 is 0 Å². The average molecular weight is 292 g/mol. The summed E-state index contributed by atoms with van der Waals surface area (Å²) in [5.74, 6) is 3.11. The molecular formula is C15H24N4S. The third-order valence-corrected chi connectivity index (χ3v) is 5.61. The first-order valence-electron chi connectivity index (χ1n) is 8.23. The van der Waals surface area contributed by atoms with Crippen molar-refractivity contribution in [1.29, 1.82) is 0 Å². The van der Waals surface area contributed by atoms with Crippen LogP contribution in [0, 0.1) is 0 Å². The molecule has 0 unspecified atom stereocenters. The quantitative estimate of drug-likeness (QED) is 0.619. The third-order valence-electron chi connectivity index (χ3n) is 4.67. The Labute approximate surface area is 125 Å². The summed E-state index contributed by atoms with van der Waals surface area (Å²) in [4.78, 5) is 0. The number of aromatic nitrogens is 3. The molecule has 3 saturated carbocycles. The summed E-state index contributed by atoms with van der Waals surface area (Å²) >= 11 is 1.89. The van der Waals surface area contributed by atoms with Gasteiger partial charge in [-0.2, -0.15) is 0 Å². The van der Waals surface area contributed by atoms with E-state index in [9.17, 15) is 0 Å². The highest BCUT2D eigenvalue weighted by atomic mass is 32.2. The Bertz CT molecular complexity index is 458. The first kappa shape index (κ1) is 13.1. The van der Waals surface area contributed by atoms with Crippen molar-refractivity contribution >= 4 is 11.8 Å². The number of nitrogens with one attached hydrogen (secondary N) is 1. The van der Waals surface area contributed by atoms with Crippen molar-refractivity contribution < 1.29 is 0 Å². The molecule has 1 aromatic heterocycles. The predicted molar refractivity (Wildman–Crippen MR) is 81.3 cm³/mol. The summed E-state index contributed by atoms with van der Waals surface area (Å²) in [5, 5.41) is 13.8. The Hall–Kier alpha value is -0.550. The van der Waals surface area contributed by atoms with E-state index < -0.39 is 0 Å². The van der Waals surface area contributed by atoms with Crippen LogP contribution in [0.1, 0.15) is 69.2 Å². The van der Waals surface area contributed by atoms with Crippen LogP contribution >= 0.6 is 11.8 Å². The van der Waals surface area contributed by atoms with Gasteiger partial charge in [0.1, 0.15) is 5.82 Å². The molecule has 0 aliphatic heterocycles. The first-order chi connectivity index (χ1) is 9.92. The second kappa shape index (κ2) is 5.68. The SMILES string of the molecule is C1CCC(NCCSc2nnc(C3CC3)n2C2CC2)C1. The molecule has 0 bridgehead atoms. The van der Waals surface area contributed by atoms with Gasteiger partial charge in [0, 0.05) is 30.3 Å². The molecule has 3 aliphatic carbocycles. The zero-order chi connectivity index (χ0) is 13.4. The molecular weight excluding hydrogens is 268 g/mol. The highest BCUT2D eigenvalue weighted by molar-refractivity contribution is 7.99. The van der Waals surface area contributed by atoms with Gasteiger partial charge in [0.25, 0.3) is 0 Å². The van der Waals surface area contributed by atoms with Crippen molar-refractivity contribution in [3.05, 3.63) is 5.82 Å². The molecule has 0 spiro atoms. The fourth-order valence-corrected chi connectivity index (χ4v) is 4.10. The van der Waals surface area contributed by atoms with Crippen LogP contribution in [0.5, 0.6) is 0 Å². The number of nitrogens with zero attached hydrogens (tertiary/aromatic N) is 3. The Morgan fingerprint density at radius 3 is 2.55 bits per heavy atom. The third kappa shape index (κ3) is 2.89. The fourth-order valence-electron chi connectivity index (χ4n) is 3.22. The molecule has 4 nitrogen and oxygen atoms in total. The van der Waals surface area contributed by atoms with Crippen LogP contribution in [0.2, 0.25) is 0 Å². The molecule has 4 rings (SSSR count). The zero-order valence-corrected chi connectivity index (χ0v) is 12.9. The van der Waals surface area contributed by atoms with Gasteiger partial charge in [0.2, 0.25) is 0 Å². The average Bonchev–Trinajstić information content (AvgIpc) is 3.39. The summed E-state index contributed by atoms with van der Waals surface area (Å²) in [6.45, 7) is 1.10. The molecule has 1 aromatic rings. The van der Waals surface area contributed by atoms with Gasteiger partial charge in [-0.3, -0.25) is 0 Å². The lowest BCUT2D eigenvalue weighted by Gasteiger charge is -2.11. The molecule has 0 aromatic carbocycles. The van der Waals surface area contributed by atoms with Crippen molar-refractivity contribution in [2.24, 2.45) is 0 Å². The van der Waals surface area contributed by atoms with E-state index in [1.807, 2.05) is 11.8 Å². The summed E-state index contributed by atoms with van der Waals surface area (Å²) in [7, 11) is 0. The Morgan fingerprint density at radius 1 is 1.05 bits per heavy atom. The van der Waals surface area contributed by atoms with Crippen LogP contribution in [0.4, 0.5) is 0 Å². The number of hydrogen-bond acceptors (Lipinski definition) is 4. The summed E-state index contributed by atoms with van der Waals surface area (Å²) in [6.07, 6.45) is 10.8. The van der Waals surface area contributed by atoms with E-state index in [1.54, 1.807) is 0 Å². The molecule has 20 heavy (non-hydrogen) atoms. The molecule has 0 atom stereocenters. The lowest BCUT2D eigenvalue weighted by molar-refractivity contribution is 0.544.